The topological polar surface area (TPSA) is 44.8 Å². The largest absolute Gasteiger partial charge is 0.368 e. The lowest BCUT2D eigenvalue weighted by Crippen LogP contribution is -2.53. The van der Waals surface area contributed by atoms with Gasteiger partial charge in [-0.15, -0.1) is 5.06 Å². The van der Waals surface area contributed by atoms with E-state index in [1.807, 2.05) is 5.06 Å². The highest BCUT2D eigenvalue weighted by Gasteiger charge is 2.27. The standard InChI is InChI=1S/C15H29N3O2/c1-15(2,3)12-14(19)20-18-10-8-17(9-11-18)13-4-6-16-7-5-13/h13,16H,4-12H2,1-3H3. The Bertz CT molecular complexity index is 314. The number of carbonyl (C=O) groups excluding carboxylic acids is 1. The van der Waals surface area contributed by atoms with Crippen LogP contribution in [0, 0.1) is 5.41 Å². The summed E-state index contributed by atoms with van der Waals surface area (Å²) in [6, 6.07) is 0.712. The lowest BCUT2D eigenvalue weighted by molar-refractivity contribution is -0.200. The molecule has 0 aliphatic carbocycles. The summed E-state index contributed by atoms with van der Waals surface area (Å²) < 4.78 is 0. The van der Waals surface area contributed by atoms with Gasteiger partial charge in [-0.2, -0.15) is 0 Å². The average molecular weight is 283 g/mol. The van der Waals surface area contributed by atoms with E-state index in [2.05, 4.69) is 31.0 Å². The molecular formula is C15H29N3O2. The Morgan fingerprint density at radius 1 is 1.15 bits per heavy atom. The van der Waals surface area contributed by atoms with Crippen molar-refractivity contribution in [2.75, 3.05) is 39.3 Å². The van der Waals surface area contributed by atoms with Gasteiger partial charge in [0.05, 0.1) is 6.42 Å². The first-order chi connectivity index (χ1) is 9.44. The van der Waals surface area contributed by atoms with E-state index in [0.717, 1.165) is 39.3 Å². The van der Waals surface area contributed by atoms with E-state index in [-0.39, 0.29) is 11.4 Å². The average Bonchev–Trinajstić information content (AvgIpc) is 2.38. The third-order valence-corrected chi connectivity index (χ3v) is 4.00. The second-order valence-corrected chi connectivity index (χ2v) is 7.15. The van der Waals surface area contributed by atoms with E-state index in [1.165, 1.54) is 12.8 Å². The van der Waals surface area contributed by atoms with Crippen LogP contribution < -0.4 is 5.32 Å². The molecule has 0 aromatic rings. The van der Waals surface area contributed by atoms with Crippen LogP contribution in [0.25, 0.3) is 0 Å². The van der Waals surface area contributed by atoms with E-state index in [9.17, 15) is 4.79 Å². The number of piperazine rings is 1. The van der Waals surface area contributed by atoms with Gasteiger partial charge in [0.15, 0.2) is 0 Å². The van der Waals surface area contributed by atoms with Crippen molar-refractivity contribution in [2.45, 2.75) is 46.1 Å². The zero-order chi connectivity index (χ0) is 14.6. The van der Waals surface area contributed by atoms with Crippen LogP contribution >= 0.6 is 0 Å². The molecule has 2 rings (SSSR count). The van der Waals surface area contributed by atoms with Crippen molar-refractivity contribution in [3.63, 3.8) is 0 Å². The summed E-state index contributed by atoms with van der Waals surface area (Å²) in [5, 5.41) is 5.24. The fraction of sp³-hybridized carbons (Fsp3) is 0.933. The third kappa shape index (κ3) is 5.04. The van der Waals surface area contributed by atoms with E-state index in [0.29, 0.717) is 12.5 Å². The Hall–Kier alpha value is -0.650. The fourth-order valence-corrected chi connectivity index (χ4v) is 2.94. The van der Waals surface area contributed by atoms with Crippen molar-refractivity contribution < 1.29 is 9.63 Å². The van der Waals surface area contributed by atoms with Crippen LogP contribution in [0.15, 0.2) is 0 Å². The third-order valence-electron chi connectivity index (χ3n) is 4.00. The predicted molar refractivity (Wildman–Crippen MR) is 79.2 cm³/mol. The molecule has 0 amide bonds. The van der Waals surface area contributed by atoms with Gasteiger partial charge in [-0.25, -0.2) is 0 Å². The summed E-state index contributed by atoms with van der Waals surface area (Å²) in [5.74, 6) is -0.104. The van der Waals surface area contributed by atoms with Gasteiger partial charge < -0.3 is 10.2 Å². The van der Waals surface area contributed by atoms with Gasteiger partial charge in [-0.1, -0.05) is 20.8 Å². The van der Waals surface area contributed by atoms with Crippen LogP contribution in [0.4, 0.5) is 0 Å². The van der Waals surface area contributed by atoms with Crippen molar-refractivity contribution in [3.05, 3.63) is 0 Å². The van der Waals surface area contributed by atoms with Crippen LogP contribution in [-0.2, 0) is 9.63 Å². The molecular weight excluding hydrogens is 254 g/mol. The molecule has 0 unspecified atom stereocenters. The summed E-state index contributed by atoms with van der Waals surface area (Å²) in [6.07, 6.45) is 2.95. The lowest BCUT2D eigenvalue weighted by atomic mass is 9.93. The number of rotatable bonds is 3. The highest BCUT2D eigenvalue weighted by Crippen LogP contribution is 2.20. The number of piperidine rings is 1. The Morgan fingerprint density at radius 3 is 2.30 bits per heavy atom. The SMILES string of the molecule is CC(C)(C)CC(=O)ON1CCN(C2CCNCC2)CC1. The number of hydrogen-bond donors (Lipinski definition) is 1. The van der Waals surface area contributed by atoms with Gasteiger partial charge in [0.2, 0.25) is 0 Å². The maximum Gasteiger partial charge on any atom is 0.325 e. The summed E-state index contributed by atoms with van der Waals surface area (Å²) in [6.45, 7) is 12.1. The minimum Gasteiger partial charge on any atom is -0.368 e. The molecule has 0 aromatic heterocycles. The molecule has 1 N–H and O–H groups in total. The van der Waals surface area contributed by atoms with Crippen molar-refractivity contribution in [3.8, 4) is 0 Å². The molecule has 0 bridgehead atoms. The molecule has 116 valence electrons. The molecule has 2 fully saturated rings. The minimum absolute atomic E-state index is 0.00595. The summed E-state index contributed by atoms with van der Waals surface area (Å²) in [5.41, 5.74) is -0.00595. The van der Waals surface area contributed by atoms with Crippen LogP contribution in [0.5, 0.6) is 0 Å². The highest BCUT2D eigenvalue weighted by atomic mass is 16.7. The van der Waals surface area contributed by atoms with Crippen molar-refractivity contribution >= 4 is 5.97 Å². The number of carbonyl (C=O) groups is 1. The van der Waals surface area contributed by atoms with Gasteiger partial charge in [0.25, 0.3) is 0 Å². The van der Waals surface area contributed by atoms with Crippen LogP contribution in [-0.4, -0.2) is 61.2 Å². The van der Waals surface area contributed by atoms with Crippen LogP contribution in [0.2, 0.25) is 0 Å². The number of hydrogen-bond acceptors (Lipinski definition) is 5. The molecule has 0 radical (unpaired) electrons. The molecule has 0 atom stereocenters. The second kappa shape index (κ2) is 6.87. The summed E-state index contributed by atoms with van der Waals surface area (Å²) in [4.78, 5) is 19.8. The van der Waals surface area contributed by atoms with E-state index >= 15 is 0 Å². The number of nitrogens with zero attached hydrogens (tertiary/aromatic N) is 2. The molecule has 20 heavy (non-hydrogen) atoms. The minimum atomic E-state index is -0.104. The Balaban J connectivity index is 1.70. The fourth-order valence-electron chi connectivity index (χ4n) is 2.94. The molecule has 2 heterocycles. The Labute approximate surface area is 122 Å². The molecule has 2 aliphatic rings. The number of hydroxylamine groups is 2. The summed E-state index contributed by atoms with van der Waals surface area (Å²) >= 11 is 0. The second-order valence-electron chi connectivity index (χ2n) is 7.15. The van der Waals surface area contributed by atoms with E-state index in [1.54, 1.807) is 0 Å². The molecule has 5 heteroatoms. The zero-order valence-electron chi connectivity index (χ0n) is 13.2. The van der Waals surface area contributed by atoms with Gasteiger partial charge in [-0.3, -0.25) is 9.69 Å². The maximum atomic E-state index is 11.8. The first kappa shape index (κ1) is 15.7. The van der Waals surface area contributed by atoms with Crippen LogP contribution in [0.3, 0.4) is 0 Å². The van der Waals surface area contributed by atoms with Gasteiger partial charge in [0, 0.05) is 32.2 Å². The molecule has 5 nitrogen and oxygen atoms in total. The highest BCUT2D eigenvalue weighted by molar-refractivity contribution is 5.69. The van der Waals surface area contributed by atoms with Gasteiger partial charge in [-0.05, 0) is 31.3 Å². The zero-order valence-corrected chi connectivity index (χ0v) is 13.2. The first-order valence-electron chi connectivity index (χ1n) is 7.84. The molecule has 2 aliphatic heterocycles. The molecule has 2 saturated heterocycles. The predicted octanol–water partition coefficient (Wildman–Crippen LogP) is 1.25. The molecule has 0 saturated carbocycles. The molecule has 0 spiro atoms. The van der Waals surface area contributed by atoms with E-state index < -0.39 is 0 Å². The Morgan fingerprint density at radius 2 is 1.75 bits per heavy atom. The lowest BCUT2D eigenvalue weighted by Gasteiger charge is -2.40. The first-order valence-corrected chi connectivity index (χ1v) is 7.84. The van der Waals surface area contributed by atoms with Crippen molar-refractivity contribution in [1.29, 1.82) is 0 Å². The normalized spacial score (nSPS) is 23.8. The van der Waals surface area contributed by atoms with E-state index in [4.69, 9.17) is 4.84 Å². The monoisotopic (exact) mass is 283 g/mol. The number of nitrogens with one attached hydrogen (secondary N) is 1. The smallest absolute Gasteiger partial charge is 0.325 e. The quantitative estimate of drug-likeness (QED) is 0.844. The molecule has 0 aromatic carbocycles. The van der Waals surface area contributed by atoms with Crippen LogP contribution in [0.1, 0.15) is 40.0 Å². The maximum absolute atomic E-state index is 11.8. The summed E-state index contributed by atoms with van der Waals surface area (Å²) in [7, 11) is 0. The van der Waals surface area contributed by atoms with Crippen molar-refractivity contribution in [1.82, 2.24) is 15.3 Å². The van der Waals surface area contributed by atoms with Gasteiger partial charge >= 0.3 is 5.97 Å². The Kier molecular flexibility index (Phi) is 5.41. The van der Waals surface area contributed by atoms with Crippen molar-refractivity contribution in [2.24, 2.45) is 5.41 Å². The van der Waals surface area contributed by atoms with Gasteiger partial charge in [0.1, 0.15) is 0 Å².